The monoisotopic (exact) mass is 375 g/mol. The summed E-state index contributed by atoms with van der Waals surface area (Å²) in [6, 6.07) is 15.4. The van der Waals surface area contributed by atoms with Gasteiger partial charge in [0.1, 0.15) is 12.4 Å². The molecule has 5 nitrogen and oxygen atoms in total. The number of ether oxygens (including phenoxy) is 2. The van der Waals surface area contributed by atoms with Crippen molar-refractivity contribution < 1.29 is 19.4 Å². The van der Waals surface area contributed by atoms with Gasteiger partial charge in [0.15, 0.2) is 0 Å². The van der Waals surface area contributed by atoms with Crippen LogP contribution in [-0.2, 0) is 16.1 Å². The summed E-state index contributed by atoms with van der Waals surface area (Å²) in [5, 5.41) is 9.52. The minimum Gasteiger partial charge on any atom is -0.489 e. The van der Waals surface area contributed by atoms with Crippen molar-refractivity contribution in [2.24, 2.45) is 0 Å². The molecule has 2 aromatic carbocycles. The summed E-state index contributed by atoms with van der Waals surface area (Å²) < 4.78 is 11.6. The second-order valence-corrected chi connectivity index (χ2v) is 6.66. The molecule has 6 heteroatoms. The van der Waals surface area contributed by atoms with Crippen molar-refractivity contribution in [1.29, 1.82) is 0 Å². The highest BCUT2D eigenvalue weighted by Crippen LogP contribution is 2.25. The van der Waals surface area contributed by atoms with Gasteiger partial charge in [-0.2, -0.15) is 0 Å². The van der Waals surface area contributed by atoms with E-state index in [1.165, 1.54) is 0 Å². The average Bonchev–Trinajstić information content (AvgIpc) is 2.66. The lowest BCUT2D eigenvalue weighted by molar-refractivity contribution is -0.137. The maximum absolute atomic E-state index is 10.7. The molecular formula is C20H22ClNO4. The minimum absolute atomic E-state index is 0.0461. The van der Waals surface area contributed by atoms with E-state index in [-0.39, 0.29) is 12.5 Å². The summed E-state index contributed by atoms with van der Waals surface area (Å²) in [6.07, 6.45) is 0.108. The van der Waals surface area contributed by atoms with Crippen LogP contribution in [0.25, 0.3) is 0 Å². The van der Waals surface area contributed by atoms with Crippen LogP contribution in [0.4, 0.5) is 0 Å². The fourth-order valence-electron chi connectivity index (χ4n) is 2.92. The van der Waals surface area contributed by atoms with Gasteiger partial charge in [-0.05, 0) is 23.8 Å². The molecule has 1 fully saturated rings. The van der Waals surface area contributed by atoms with Crippen LogP contribution in [0.15, 0.2) is 48.5 Å². The highest BCUT2D eigenvalue weighted by Gasteiger charge is 2.22. The topological polar surface area (TPSA) is 59.0 Å². The molecule has 0 radical (unpaired) electrons. The number of hydrogen-bond donors (Lipinski definition) is 1. The largest absolute Gasteiger partial charge is 0.489 e. The van der Waals surface area contributed by atoms with Crippen molar-refractivity contribution in [3.05, 3.63) is 64.7 Å². The molecule has 0 spiro atoms. The Hall–Kier alpha value is -2.08. The molecule has 0 unspecified atom stereocenters. The van der Waals surface area contributed by atoms with E-state index < -0.39 is 5.97 Å². The summed E-state index contributed by atoms with van der Waals surface area (Å²) in [7, 11) is 0. The fraction of sp³-hybridized carbons (Fsp3) is 0.350. The zero-order valence-electron chi connectivity index (χ0n) is 14.4. The van der Waals surface area contributed by atoms with Crippen LogP contribution in [0, 0.1) is 0 Å². The normalized spacial score (nSPS) is 17.8. The highest BCUT2D eigenvalue weighted by atomic mass is 35.5. The van der Waals surface area contributed by atoms with Crippen LogP contribution in [0.5, 0.6) is 5.75 Å². The second kappa shape index (κ2) is 9.03. The van der Waals surface area contributed by atoms with Crippen molar-refractivity contribution >= 4 is 17.6 Å². The second-order valence-electron chi connectivity index (χ2n) is 6.25. The summed E-state index contributed by atoms with van der Waals surface area (Å²) in [4.78, 5) is 12.9. The number of nitrogens with zero attached hydrogens (tertiary/aromatic N) is 1. The van der Waals surface area contributed by atoms with Gasteiger partial charge >= 0.3 is 5.97 Å². The van der Waals surface area contributed by atoms with Gasteiger partial charge < -0.3 is 14.6 Å². The number of morpholine rings is 1. The third-order valence-electron chi connectivity index (χ3n) is 4.40. The predicted molar refractivity (Wildman–Crippen MR) is 99.6 cm³/mol. The van der Waals surface area contributed by atoms with Crippen LogP contribution < -0.4 is 4.74 Å². The fourth-order valence-corrected chi connectivity index (χ4v) is 3.11. The van der Waals surface area contributed by atoms with Crippen LogP contribution in [0.2, 0.25) is 5.02 Å². The molecule has 26 heavy (non-hydrogen) atoms. The lowest BCUT2D eigenvalue weighted by atomic mass is 10.1. The van der Waals surface area contributed by atoms with Gasteiger partial charge in [0, 0.05) is 30.2 Å². The van der Waals surface area contributed by atoms with E-state index in [0.29, 0.717) is 31.3 Å². The van der Waals surface area contributed by atoms with E-state index in [2.05, 4.69) is 4.90 Å². The molecule has 1 atom stereocenters. The summed E-state index contributed by atoms with van der Waals surface area (Å²) >= 11 is 6.14. The van der Waals surface area contributed by atoms with Gasteiger partial charge in [0.2, 0.25) is 0 Å². The molecule has 2 aromatic rings. The van der Waals surface area contributed by atoms with Gasteiger partial charge in [-0.15, -0.1) is 0 Å². The standard InChI is InChI=1S/C20H22ClNO4/c21-18-4-2-1-3-16(18)14-26-17-7-5-15(6-8-17)19-13-22(11-12-25-19)10-9-20(23)24/h1-8,19H,9-14H2,(H,23,24)/t19-/m0/s1. The first-order valence-electron chi connectivity index (χ1n) is 8.64. The lowest BCUT2D eigenvalue weighted by Crippen LogP contribution is -2.39. The maximum atomic E-state index is 10.7. The van der Waals surface area contributed by atoms with Gasteiger partial charge in [0.05, 0.1) is 19.1 Å². The Morgan fingerprint density at radius 2 is 2.00 bits per heavy atom. The number of carboxylic acid groups (broad SMARTS) is 1. The van der Waals surface area contributed by atoms with E-state index in [4.69, 9.17) is 26.2 Å². The van der Waals surface area contributed by atoms with Crippen molar-refractivity contribution in [2.75, 3.05) is 26.2 Å². The number of rotatable bonds is 7. The van der Waals surface area contributed by atoms with Crippen molar-refractivity contribution in [1.82, 2.24) is 4.90 Å². The Bertz CT molecular complexity index is 735. The van der Waals surface area contributed by atoms with Crippen LogP contribution in [-0.4, -0.2) is 42.2 Å². The zero-order chi connectivity index (χ0) is 18.4. The SMILES string of the molecule is O=C(O)CCN1CCO[C@H](c2ccc(OCc3ccccc3Cl)cc2)C1. The van der Waals surface area contributed by atoms with Crippen LogP contribution >= 0.6 is 11.6 Å². The third kappa shape index (κ3) is 5.21. The van der Waals surface area contributed by atoms with Crippen LogP contribution in [0.1, 0.15) is 23.7 Å². The first kappa shape index (κ1) is 18.7. The zero-order valence-corrected chi connectivity index (χ0v) is 15.2. The third-order valence-corrected chi connectivity index (χ3v) is 4.77. The highest BCUT2D eigenvalue weighted by molar-refractivity contribution is 6.31. The Morgan fingerprint density at radius 1 is 1.23 bits per heavy atom. The summed E-state index contributed by atoms with van der Waals surface area (Å²) in [5.41, 5.74) is 2.01. The molecular weight excluding hydrogens is 354 g/mol. The lowest BCUT2D eigenvalue weighted by Gasteiger charge is -2.32. The summed E-state index contributed by atoms with van der Waals surface area (Å²) in [6.45, 7) is 3.04. The number of halogens is 1. The molecule has 1 N–H and O–H groups in total. The maximum Gasteiger partial charge on any atom is 0.304 e. The van der Waals surface area contributed by atoms with Crippen molar-refractivity contribution in [2.45, 2.75) is 19.1 Å². The molecule has 1 aliphatic heterocycles. The average molecular weight is 376 g/mol. The molecule has 138 valence electrons. The number of benzene rings is 2. The molecule has 0 amide bonds. The van der Waals surface area contributed by atoms with Gasteiger partial charge in [-0.3, -0.25) is 9.69 Å². The Morgan fingerprint density at radius 3 is 2.73 bits per heavy atom. The molecule has 0 aromatic heterocycles. The number of carbonyl (C=O) groups is 1. The molecule has 1 aliphatic rings. The van der Waals surface area contributed by atoms with Crippen LogP contribution in [0.3, 0.4) is 0 Å². The molecule has 1 saturated heterocycles. The van der Waals surface area contributed by atoms with Crippen molar-refractivity contribution in [3.8, 4) is 5.75 Å². The first-order valence-corrected chi connectivity index (χ1v) is 9.01. The smallest absolute Gasteiger partial charge is 0.304 e. The Labute approximate surface area is 158 Å². The quantitative estimate of drug-likeness (QED) is 0.798. The molecule has 0 saturated carbocycles. The summed E-state index contributed by atoms with van der Waals surface area (Å²) in [5.74, 6) is 0.000255. The molecule has 0 aliphatic carbocycles. The Kier molecular flexibility index (Phi) is 6.50. The van der Waals surface area contributed by atoms with Gasteiger partial charge in [-0.25, -0.2) is 0 Å². The van der Waals surface area contributed by atoms with E-state index in [9.17, 15) is 4.79 Å². The van der Waals surface area contributed by atoms with Crippen molar-refractivity contribution in [3.63, 3.8) is 0 Å². The molecule has 0 bridgehead atoms. The number of carboxylic acids is 1. The van der Waals surface area contributed by atoms with E-state index in [0.717, 1.165) is 23.4 Å². The Balaban J connectivity index is 1.55. The number of hydrogen-bond acceptors (Lipinski definition) is 4. The number of aliphatic carboxylic acids is 1. The van der Waals surface area contributed by atoms with Gasteiger partial charge in [-0.1, -0.05) is 41.9 Å². The van der Waals surface area contributed by atoms with E-state index in [1.807, 2.05) is 48.5 Å². The van der Waals surface area contributed by atoms with Gasteiger partial charge in [0.25, 0.3) is 0 Å². The predicted octanol–water partition coefficient (Wildman–Crippen LogP) is 3.77. The van der Waals surface area contributed by atoms with E-state index in [1.54, 1.807) is 0 Å². The first-order chi connectivity index (χ1) is 12.6. The minimum atomic E-state index is -0.770. The molecule has 3 rings (SSSR count). The van der Waals surface area contributed by atoms with E-state index >= 15 is 0 Å². The molecule has 1 heterocycles.